The minimum absolute atomic E-state index is 0.323. The number of aromatic nitrogens is 1. The van der Waals surface area contributed by atoms with Gasteiger partial charge in [-0.3, -0.25) is 4.98 Å². The van der Waals surface area contributed by atoms with Gasteiger partial charge in [0.25, 0.3) is 0 Å². The Morgan fingerprint density at radius 3 is 2.15 bits per heavy atom. The SMILES string of the molecule is Cc1cncc(B2OC(C)(C)C(C)(C)O2)c1CN(C)C. The van der Waals surface area contributed by atoms with Crippen LogP contribution in [0.5, 0.6) is 0 Å². The van der Waals surface area contributed by atoms with Crippen molar-refractivity contribution in [3.8, 4) is 0 Å². The maximum absolute atomic E-state index is 6.15. The Bertz CT molecular complexity index is 485. The van der Waals surface area contributed by atoms with Crippen LogP contribution >= 0.6 is 0 Å². The smallest absolute Gasteiger partial charge is 0.399 e. The zero-order valence-electron chi connectivity index (χ0n) is 13.7. The van der Waals surface area contributed by atoms with Crippen molar-refractivity contribution in [2.75, 3.05) is 14.1 Å². The Hall–Kier alpha value is -0.905. The van der Waals surface area contributed by atoms with E-state index in [9.17, 15) is 0 Å². The highest BCUT2D eigenvalue weighted by Crippen LogP contribution is 2.36. The first-order valence-corrected chi connectivity index (χ1v) is 7.08. The highest BCUT2D eigenvalue weighted by Gasteiger charge is 2.52. The van der Waals surface area contributed by atoms with E-state index in [-0.39, 0.29) is 18.3 Å². The van der Waals surface area contributed by atoms with Crippen LogP contribution in [0.1, 0.15) is 38.8 Å². The van der Waals surface area contributed by atoms with Gasteiger partial charge in [0.1, 0.15) is 0 Å². The van der Waals surface area contributed by atoms with Gasteiger partial charge < -0.3 is 14.2 Å². The molecule has 0 spiro atoms. The van der Waals surface area contributed by atoms with Crippen LogP contribution in [0.2, 0.25) is 0 Å². The third-order valence-corrected chi connectivity index (χ3v) is 4.29. The molecule has 1 aromatic heterocycles. The third kappa shape index (κ3) is 2.75. The van der Waals surface area contributed by atoms with Crippen molar-refractivity contribution in [2.24, 2.45) is 0 Å². The predicted molar refractivity (Wildman–Crippen MR) is 82.1 cm³/mol. The highest BCUT2D eigenvalue weighted by atomic mass is 16.7. The molecule has 5 heteroatoms. The quantitative estimate of drug-likeness (QED) is 0.788. The molecule has 110 valence electrons. The van der Waals surface area contributed by atoms with E-state index in [1.807, 2.05) is 12.4 Å². The maximum Gasteiger partial charge on any atom is 0.496 e. The van der Waals surface area contributed by atoms with E-state index < -0.39 is 0 Å². The van der Waals surface area contributed by atoms with E-state index in [2.05, 4.69) is 58.6 Å². The van der Waals surface area contributed by atoms with E-state index >= 15 is 0 Å². The largest absolute Gasteiger partial charge is 0.496 e. The minimum Gasteiger partial charge on any atom is -0.399 e. The van der Waals surface area contributed by atoms with E-state index in [0.717, 1.165) is 12.0 Å². The zero-order valence-corrected chi connectivity index (χ0v) is 13.7. The molecule has 4 nitrogen and oxygen atoms in total. The summed E-state index contributed by atoms with van der Waals surface area (Å²) in [6.45, 7) is 11.2. The normalized spacial score (nSPS) is 20.7. The number of rotatable bonds is 3. The molecular formula is C15H25BN2O2. The van der Waals surface area contributed by atoms with E-state index in [1.54, 1.807) is 0 Å². The molecule has 0 amide bonds. The van der Waals surface area contributed by atoms with Gasteiger partial charge in [-0.25, -0.2) is 0 Å². The van der Waals surface area contributed by atoms with Crippen molar-refractivity contribution < 1.29 is 9.31 Å². The van der Waals surface area contributed by atoms with Gasteiger partial charge in [0.15, 0.2) is 0 Å². The topological polar surface area (TPSA) is 34.6 Å². The van der Waals surface area contributed by atoms with Crippen molar-refractivity contribution in [2.45, 2.75) is 52.4 Å². The van der Waals surface area contributed by atoms with E-state index in [0.29, 0.717) is 0 Å². The Kier molecular flexibility index (Phi) is 3.97. The molecule has 1 aliphatic heterocycles. The molecule has 0 aliphatic carbocycles. The predicted octanol–water partition coefficient (Wildman–Crippen LogP) is 1.75. The van der Waals surface area contributed by atoms with Crippen LogP contribution < -0.4 is 5.46 Å². The van der Waals surface area contributed by atoms with Gasteiger partial charge in [-0.2, -0.15) is 0 Å². The maximum atomic E-state index is 6.15. The van der Waals surface area contributed by atoms with Gasteiger partial charge in [0.2, 0.25) is 0 Å². The molecule has 1 fully saturated rings. The summed E-state index contributed by atoms with van der Waals surface area (Å²) >= 11 is 0. The second kappa shape index (κ2) is 5.13. The molecule has 2 heterocycles. The Morgan fingerprint density at radius 2 is 1.65 bits per heavy atom. The summed E-state index contributed by atoms with van der Waals surface area (Å²) in [6.07, 6.45) is 3.77. The zero-order chi connectivity index (χ0) is 15.1. The lowest BCUT2D eigenvalue weighted by Gasteiger charge is -2.32. The molecule has 0 N–H and O–H groups in total. The molecule has 0 radical (unpaired) electrons. The lowest BCUT2D eigenvalue weighted by molar-refractivity contribution is 0.00578. The van der Waals surface area contributed by atoms with E-state index in [1.165, 1.54) is 11.1 Å². The molecule has 0 atom stereocenters. The summed E-state index contributed by atoms with van der Waals surface area (Å²) < 4.78 is 12.3. The van der Waals surface area contributed by atoms with Crippen LogP contribution in [0.25, 0.3) is 0 Å². The fourth-order valence-corrected chi connectivity index (χ4v) is 2.32. The summed E-state index contributed by atoms with van der Waals surface area (Å²) in [5, 5.41) is 0. The molecule has 1 aliphatic rings. The molecule has 0 saturated carbocycles. The first-order chi connectivity index (χ1) is 9.14. The molecule has 20 heavy (non-hydrogen) atoms. The minimum atomic E-state index is -0.345. The second-order valence-electron chi connectivity index (χ2n) is 6.85. The fourth-order valence-electron chi connectivity index (χ4n) is 2.32. The summed E-state index contributed by atoms with van der Waals surface area (Å²) in [5.41, 5.74) is 2.81. The van der Waals surface area contributed by atoms with Crippen molar-refractivity contribution >= 4 is 12.6 Å². The Labute approximate surface area is 122 Å². The van der Waals surface area contributed by atoms with Gasteiger partial charge >= 0.3 is 7.12 Å². The third-order valence-electron chi connectivity index (χ3n) is 4.29. The Balaban J connectivity index is 2.37. The average molecular weight is 276 g/mol. The fraction of sp³-hybridized carbons (Fsp3) is 0.667. The highest BCUT2D eigenvalue weighted by molar-refractivity contribution is 6.62. The van der Waals surface area contributed by atoms with Gasteiger partial charge in [-0.05, 0) is 59.8 Å². The second-order valence-corrected chi connectivity index (χ2v) is 6.85. The van der Waals surface area contributed by atoms with Crippen molar-refractivity contribution in [3.05, 3.63) is 23.5 Å². The molecule has 2 rings (SSSR count). The van der Waals surface area contributed by atoms with Crippen LogP contribution in [0.4, 0.5) is 0 Å². The van der Waals surface area contributed by atoms with Gasteiger partial charge in [-0.15, -0.1) is 0 Å². The summed E-state index contributed by atoms with van der Waals surface area (Å²) in [6, 6.07) is 0. The van der Waals surface area contributed by atoms with E-state index in [4.69, 9.17) is 9.31 Å². The van der Waals surface area contributed by atoms with Crippen LogP contribution in [0, 0.1) is 6.92 Å². The molecule has 1 saturated heterocycles. The Morgan fingerprint density at radius 1 is 1.10 bits per heavy atom. The van der Waals surface area contributed by atoms with Crippen LogP contribution in [0.3, 0.4) is 0 Å². The number of aryl methyl sites for hydroxylation is 1. The molecular weight excluding hydrogens is 251 g/mol. The summed E-state index contributed by atoms with van der Waals surface area (Å²) in [7, 11) is 3.78. The number of pyridine rings is 1. The van der Waals surface area contributed by atoms with Crippen molar-refractivity contribution in [1.82, 2.24) is 9.88 Å². The average Bonchev–Trinajstić information content (AvgIpc) is 2.50. The molecule has 0 aromatic carbocycles. The number of nitrogens with zero attached hydrogens (tertiary/aromatic N) is 2. The van der Waals surface area contributed by atoms with Gasteiger partial charge in [0, 0.05) is 24.4 Å². The monoisotopic (exact) mass is 276 g/mol. The van der Waals surface area contributed by atoms with Crippen LogP contribution in [-0.2, 0) is 15.9 Å². The van der Waals surface area contributed by atoms with Gasteiger partial charge in [-0.1, -0.05) is 0 Å². The van der Waals surface area contributed by atoms with Gasteiger partial charge in [0.05, 0.1) is 11.2 Å². The summed E-state index contributed by atoms with van der Waals surface area (Å²) in [4.78, 5) is 6.46. The summed E-state index contributed by atoms with van der Waals surface area (Å²) in [5.74, 6) is 0. The first kappa shape index (κ1) is 15.5. The number of hydrogen-bond acceptors (Lipinski definition) is 4. The molecule has 0 unspecified atom stereocenters. The molecule has 1 aromatic rings. The number of hydrogen-bond donors (Lipinski definition) is 0. The lowest BCUT2D eigenvalue weighted by atomic mass is 9.76. The van der Waals surface area contributed by atoms with Crippen LogP contribution in [0.15, 0.2) is 12.4 Å². The van der Waals surface area contributed by atoms with Crippen molar-refractivity contribution in [3.63, 3.8) is 0 Å². The lowest BCUT2D eigenvalue weighted by Crippen LogP contribution is -2.41. The van der Waals surface area contributed by atoms with Crippen molar-refractivity contribution in [1.29, 1.82) is 0 Å². The first-order valence-electron chi connectivity index (χ1n) is 7.08. The standard InChI is InChI=1S/C15H25BN2O2/c1-11-8-17-9-13(12(11)10-18(6)7)16-19-14(2,3)15(4,5)20-16/h8-9H,10H2,1-7H3. The molecule has 0 bridgehead atoms. The van der Waals surface area contributed by atoms with Crippen LogP contribution in [-0.4, -0.2) is 42.3 Å².